The van der Waals surface area contributed by atoms with E-state index in [1.165, 1.54) is 19.2 Å². The van der Waals surface area contributed by atoms with Crippen LogP contribution in [0.2, 0.25) is 0 Å². The Hall–Kier alpha value is -2.62. The van der Waals surface area contributed by atoms with E-state index < -0.39 is 11.0 Å². The Labute approximate surface area is 121 Å². The molecular weight excluding hydrogens is 274 g/mol. The van der Waals surface area contributed by atoms with E-state index in [1.807, 2.05) is 4.90 Å². The highest BCUT2D eigenvalue weighted by Crippen LogP contribution is 2.30. The molecule has 1 atom stereocenters. The minimum Gasteiger partial charge on any atom is -0.467 e. The summed E-state index contributed by atoms with van der Waals surface area (Å²) < 4.78 is 4.80. The van der Waals surface area contributed by atoms with E-state index in [0.717, 1.165) is 12.8 Å². The molecule has 1 aromatic carbocycles. The molecule has 1 aliphatic rings. The Morgan fingerprint density at radius 2 is 2.29 bits per heavy atom. The summed E-state index contributed by atoms with van der Waals surface area (Å²) in [6.45, 7) is 0.628. The van der Waals surface area contributed by atoms with Crippen LogP contribution < -0.4 is 4.90 Å². The van der Waals surface area contributed by atoms with E-state index >= 15 is 0 Å². The van der Waals surface area contributed by atoms with Gasteiger partial charge in [-0.05, 0) is 31.4 Å². The van der Waals surface area contributed by atoms with Crippen LogP contribution in [0.4, 0.5) is 11.4 Å². The lowest BCUT2D eigenvalue weighted by atomic mass is 10.0. The quantitative estimate of drug-likeness (QED) is 0.479. The summed E-state index contributed by atoms with van der Waals surface area (Å²) in [6, 6.07) is 5.76. The normalized spacial score (nSPS) is 17.9. The van der Waals surface area contributed by atoms with Crippen molar-refractivity contribution in [2.75, 3.05) is 18.6 Å². The zero-order valence-electron chi connectivity index (χ0n) is 11.6. The van der Waals surface area contributed by atoms with Gasteiger partial charge in [-0.25, -0.2) is 4.79 Å². The van der Waals surface area contributed by atoms with Gasteiger partial charge in [-0.2, -0.15) is 5.26 Å². The van der Waals surface area contributed by atoms with Gasteiger partial charge in [0.15, 0.2) is 0 Å². The number of hydrogen-bond donors (Lipinski definition) is 0. The van der Waals surface area contributed by atoms with E-state index in [4.69, 9.17) is 10.00 Å². The Balaban J connectivity index is 2.39. The van der Waals surface area contributed by atoms with Crippen molar-refractivity contribution in [2.24, 2.45) is 0 Å². The van der Waals surface area contributed by atoms with Crippen molar-refractivity contribution in [3.8, 4) is 6.07 Å². The molecule has 7 heteroatoms. The second-order valence-corrected chi connectivity index (χ2v) is 4.80. The molecule has 7 nitrogen and oxygen atoms in total. The number of ether oxygens (including phenoxy) is 1. The maximum absolute atomic E-state index is 11.8. The van der Waals surface area contributed by atoms with Crippen molar-refractivity contribution in [1.29, 1.82) is 5.26 Å². The van der Waals surface area contributed by atoms with Gasteiger partial charge in [0.2, 0.25) is 0 Å². The standard InChI is InChI=1S/C14H15N3O4/c1-21-14(18)12-4-2-3-7-16(12)11-6-5-10(9-15)13(8-11)17(19)20/h5-6,8,12H,2-4,7H2,1H3. The van der Waals surface area contributed by atoms with Crippen molar-refractivity contribution < 1.29 is 14.5 Å². The number of benzene rings is 1. The fourth-order valence-electron chi connectivity index (χ4n) is 2.57. The number of hydrogen-bond acceptors (Lipinski definition) is 6. The van der Waals surface area contributed by atoms with Gasteiger partial charge >= 0.3 is 5.97 Å². The molecule has 1 saturated heterocycles. The van der Waals surface area contributed by atoms with Gasteiger partial charge in [0, 0.05) is 18.3 Å². The van der Waals surface area contributed by atoms with Gasteiger partial charge < -0.3 is 9.64 Å². The highest BCUT2D eigenvalue weighted by atomic mass is 16.6. The molecule has 0 radical (unpaired) electrons. The maximum atomic E-state index is 11.8. The molecular formula is C14H15N3O4. The first-order valence-electron chi connectivity index (χ1n) is 6.61. The second-order valence-electron chi connectivity index (χ2n) is 4.80. The zero-order valence-corrected chi connectivity index (χ0v) is 11.6. The van der Waals surface area contributed by atoms with Crippen LogP contribution in [-0.2, 0) is 9.53 Å². The Morgan fingerprint density at radius 3 is 2.90 bits per heavy atom. The molecule has 0 spiro atoms. The number of nitro benzene ring substituents is 1. The smallest absolute Gasteiger partial charge is 0.328 e. The number of nitro groups is 1. The summed E-state index contributed by atoms with van der Waals surface area (Å²) in [7, 11) is 1.33. The first-order valence-corrected chi connectivity index (χ1v) is 6.61. The first kappa shape index (κ1) is 14.8. The van der Waals surface area contributed by atoms with Crippen LogP contribution in [0.25, 0.3) is 0 Å². The van der Waals surface area contributed by atoms with E-state index in [1.54, 1.807) is 12.1 Å². The van der Waals surface area contributed by atoms with E-state index in [9.17, 15) is 14.9 Å². The molecule has 21 heavy (non-hydrogen) atoms. The summed E-state index contributed by atoms with van der Waals surface area (Å²) in [5, 5.41) is 19.9. The number of nitrogens with zero attached hydrogens (tertiary/aromatic N) is 3. The van der Waals surface area contributed by atoms with Crippen LogP contribution in [0, 0.1) is 21.4 Å². The third-order valence-corrected chi connectivity index (χ3v) is 3.61. The molecule has 1 fully saturated rings. The monoisotopic (exact) mass is 289 g/mol. The fourth-order valence-corrected chi connectivity index (χ4v) is 2.57. The average molecular weight is 289 g/mol. The molecule has 1 aromatic rings. The van der Waals surface area contributed by atoms with Gasteiger partial charge in [-0.15, -0.1) is 0 Å². The minimum absolute atomic E-state index is 0.00961. The largest absolute Gasteiger partial charge is 0.467 e. The topological polar surface area (TPSA) is 96.5 Å². The third kappa shape index (κ3) is 2.94. The predicted octanol–water partition coefficient (Wildman–Crippen LogP) is 2.00. The molecule has 1 heterocycles. The number of piperidine rings is 1. The zero-order chi connectivity index (χ0) is 15.4. The number of methoxy groups -OCH3 is 1. The van der Waals surface area contributed by atoms with Crippen LogP contribution in [0.15, 0.2) is 18.2 Å². The number of rotatable bonds is 3. The van der Waals surface area contributed by atoms with Crippen molar-refractivity contribution in [1.82, 2.24) is 0 Å². The lowest BCUT2D eigenvalue weighted by Crippen LogP contribution is -2.45. The highest BCUT2D eigenvalue weighted by Gasteiger charge is 2.30. The minimum atomic E-state index is -0.584. The number of carbonyl (C=O) groups is 1. The molecule has 0 saturated carbocycles. The molecule has 0 bridgehead atoms. The van der Waals surface area contributed by atoms with Crippen LogP contribution >= 0.6 is 0 Å². The number of anilines is 1. The molecule has 1 aliphatic heterocycles. The van der Waals surface area contributed by atoms with Crippen molar-refractivity contribution in [3.63, 3.8) is 0 Å². The Morgan fingerprint density at radius 1 is 1.52 bits per heavy atom. The molecule has 0 amide bonds. The second kappa shape index (κ2) is 6.22. The summed E-state index contributed by atoms with van der Waals surface area (Å²) in [6.07, 6.45) is 2.47. The molecule has 0 N–H and O–H groups in total. The van der Waals surface area contributed by atoms with Gasteiger partial charge in [-0.3, -0.25) is 10.1 Å². The fraction of sp³-hybridized carbons (Fsp3) is 0.429. The summed E-state index contributed by atoms with van der Waals surface area (Å²) in [4.78, 5) is 24.1. The summed E-state index contributed by atoms with van der Waals surface area (Å²) >= 11 is 0. The molecule has 0 aromatic heterocycles. The van der Waals surface area contributed by atoms with Crippen LogP contribution in [0.1, 0.15) is 24.8 Å². The van der Waals surface area contributed by atoms with Crippen LogP contribution in [0.5, 0.6) is 0 Å². The van der Waals surface area contributed by atoms with Gasteiger partial charge in [-0.1, -0.05) is 0 Å². The van der Waals surface area contributed by atoms with Crippen molar-refractivity contribution in [2.45, 2.75) is 25.3 Å². The first-order chi connectivity index (χ1) is 10.1. The Kier molecular flexibility index (Phi) is 4.38. The highest BCUT2D eigenvalue weighted by molar-refractivity contribution is 5.80. The van der Waals surface area contributed by atoms with Crippen LogP contribution in [0.3, 0.4) is 0 Å². The van der Waals surface area contributed by atoms with Gasteiger partial charge in [0.05, 0.1) is 12.0 Å². The van der Waals surface area contributed by atoms with Gasteiger partial charge in [0.1, 0.15) is 17.7 Å². The summed E-state index contributed by atoms with van der Waals surface area (Å²) in [5.74, 6) is -0.346. The Bertz CT molecular complexity index is 609. The number of nitriles is 1. The molecule has 2 rings (SSSR count). The summed E-state index contributed by atoms with van der Waals surface area (Å²) in [5.41, 5.74) is 0.329. The molecule has 1 unspecified atom stereocenters. The van der Waals surface area contributed by atoms with E-state index in [-0.39, 0.29) is 17.2 Å². The van der Waals surface area contributed by atoms with Crippen molar-refractivity contribution >= 4 is 17.3 Å². The SMILES string of the molecule is COC(=O)C1CCCCN1c1ccc(C#N)c([N+](=O)[O-])c1. The predicted molar refractivity (Wildman–Crippen MR) is 74.8 cm³/mol. The average Bonchev–Trinajstić information content (AvgIpc) is 2.53. The third-order valence-electron chi connectivity index (χ3n) is 3.61. The molecule has 0 aliphatic carbocycles. The van der Waals surface area contributed by atoms with E-state index in [2.05, 4.69) is 0 Å². The van der Waals surface area contributed by atoms with E-state index in [0.29, 0.717) is 18.7 Å². The lowest BCUT2D eigenvalue weighted by Gasteiger charge is -2.35. The van der Waals surface area contributed by atoms with Crippen molar-refractivity contribution in [3.05, 3.63) is 33.9 Å². The maximum Gasteiger partial charge on any atom is 0.328 e. The lowest BCUT2D eigenvalue weighted by molar-refractivity contribution is -0.385. The number of esters is 1. The number of carbonyl (C=O) groups excluding carboxylic acids is 1. The van der Waals surface area contributed by atoms with Gasteiger partial charge in [0.25, 0.3) is 5.69 Å². The molecule has 110 valence electrons. The van der Waals surface area contributed by atoms with Crippen LogP contribution in [-0.4, -0.2) is 30.6 Å².